The maximum atomic E-state index is 12.3. The van der Waals surface area contributed by atoms with Gasteiger partial charge < -0.3 is 19.5 Å². The summed E-state index contributed by atoms with van der Waals surface area (Å²) in [5.41, 5.74) is 1.35. The normalized spacial score (nSPS) is 14.1. The van der Waals surface area contributed by atoms with E-state index in [4.69, 9.17) is 24.2 Å². The van der Waals surface area contributed by atoms with Gasteiger partial charge in [-0.15, -0.1) is 0 Å². The molecule has 156 valence electrons. The molecule has 3 aromatic rings. The molecule has 0 aliphatic carbocycles. The lowest BCUT2D eigenvalue weighted by atomic mass is 10.0. The third-order valence-electron chi connectivity index (χ3n) is 4.85. The highest BCUT2D eigenvalue weighted by atomic mass is 16.4. The highest BCUT2D eigenvalue weighted by molar-refractivity contribution is 6.27. The number of piperazine rings is 1. The van der Waals surface area contributed by atoms with E-state index in [0.29, 0.717) is 5.76 Å². The van der Waals surface area contributed by atoms with Gasteiger partial charge in [-0.3, -0.25) is 9.69 Å². The molecular formula is C22H22N2O6. The van der Waals surface area contributed by atoms with Crippen molar-refractivity contribution in [2.24, 2.45) is 0 Å². The summed E-state index contributed by atoms with van der Waals surface area (Å²) >= 11 is 0. The summed E-state index contributed by atoms with van der Waals surface area (Å²) in [6.45, 7) is 4.17. The lowest BCUT2D eigenvalue weighted by Gasteiger charge is -2.34. The summed E-state index contributed by atoms with van der Waals surface area (Å²) in [4.78, 5) is 34.8. The Labute approximate surface area is 172 Å². The van der Waals surface area contributed by atoms with Crippen LogP contribution in [0.5, 0.6) is 0 Å². The standard InChI is InChI=1S/C20H20N2O2.C2H2O4/c23-20(19-9-4-14-24-19)22-12-10-21(11-13-22)15-17-7-3-6-16-5-1-2-8-18(16)17;3-1(4)2(5)6/h1-9,14H,10-13,15H2;(H,3,4)(H,5,6). The number of rotatable bonds is 3. The van der Waals surface area contributed by atoms with E-state index < -0.39 is 11.9 Å². The van der Waals surface area contributed by atoms with Crippen molar-refractivity contribution < 1.29 is 29.0 Å². The van der Waals surface area contributed by atoms with Crippen molar-refractivity contribution in [1.29, 1.82) is 0 Å². The third-order valence-corrected chi connectivity index (χ3v) is 4.85. The monoisotopic (exact) mass is 410 g/mol. The molecule has 0 radical (unpaired) electrons. The molecular weight excluding hydrogens is 388 g/mol. The predicted molar refractivity (Wildman–Crippen MR) is 109 cm³/mol. The fourth-order valence-corrected chi connectivity index (χ4v) is 3.34. The summed E-state index contributed by atoms with van der Waals surface area (Å²) < 4.78 is 5.21. The van der Waals surface area contributed by atoms with Gasteiger partial charge in [0, 0.05) is 32.7 Å². The zero-order valence-electron chi connectivity index (χ0n) is 16.2. The van der Waals surface area contributed by atoms with Crippen LogP contribution in [0.4, 0.5) is 0 Å². The Hall–Kier alpha value is -3.65. The number of fused-ring (bicyclic) bond motifs is 1. The SMILES string of the molecule is O=C(O)C(=O)O.O=C(c1ccco1)N1CCN(Cc2cccc3ccccc23)CC1. The number of amides is 1. The molecule has 8 heteroatoms. The Morgan fingerprint density at radius 3 is 2.13 bits per heavy atom. The van der Waals surface area contributed by atoms with Gasteiger partial charge in [0.15, 0.2) is 5.76 Å². The first-order valence-corrected chi connectivity index (χ1v) is 9.43. The van der Waals surface area contributed by atoms with Crippen LogP contribution in [0, 0.1) is 0 Å². The highest BCUT2D eigenvalue weighted by Gasteiger charge is 2.23. The molecule has 0 bridgehead atoms. The topological polar surface area (TPSA) is 111 Å². The third kappa shape index (κ3) is 5.24. The van der Waals surface area contributed by atoms with Gasteiger partial charge >= 0.3 is 11.9 Å². The molecule has 0 unspecified atom stereocenters. The number of nitrogens with zero attached hydrogens (tertiary/aromatic N) is 2. The van der Waals surface area contributed by atoms with Crippen LogP contribution >= 0.6 is 0 Å². The molecule has 1 fully saturated rings. The summed E-state index contributed by atoms with van der Waals surface area (Å²) in [5.74, 6) is -3.23. The Kier molecular flexibility index (Phi) is 6.82. The highest BCUT2D eigenvalue weighted by Crippen LogP contribution is 2.20. The first kappa shape index (κ1) is 21.1. The molecule has 0 spiro atoms. The number of hydrogen-bond acceptors (Lipinski definition) is 5. The van der Waals surface area contributed by atoms with Crippen LogP contribution in [-0.4, -0.2) is 64.0 Å². The second-order valence-electron chi connectivity index (χ2n) is 6.79. The number of aliphatic carboxylic acids is 2. The predicted octanol–water partition coefficient (Wildman–Crippen LogP) is 2.55. The Morgan fingerprint density at radius 2 is 1.50 bits per heavy atom. The van der Waals surface area contributed by atoms with Crippen LogP contribution in [0.2, 0.25) is 0 Å². The summed E-state index contributed by atoms with van der Waals surface area (Å²) in [5, 5.41) is 17.4. The van der Waals surface area contributed by atoms with E-state index in [2.05, 4.69) is 47.4 Å². The van der Waals surface area contributed by atoms with Gasteiger partial charge in [-0.05, 0) is 28.5 Å². The molecule has 2 N–H and O–H groups in total. The Bertz CT molecular complexity index is 1010. The van der Waals surface area contributed by atoms with E-state index in [-0.39, 0.29) is 5.91 Å². The van der Waals surface area contributed by atoms with Crippen LogP contribution in [0.15, 0.2) is 65.3 Å². The van der Waals surface area contributed by atoms with Crippen LogP contribution in [0.3, 0.4) is 0 Å². The number of carbonyl (C=O) groups excluding carboxylic acids is 1. The molecule has 2 heterocycles. The molecule has 4 rings (SSSR count). The van der Waals surface area contributed by atoms with E-state index >= 15 is 0 Å². The Balaban J connectivity index is 0.000000377. The zero-order chi connectivity index (χ0) is 21.5. The largest absolute Gasteiger partial charge is 0.473 e. The molecule has 0 saturated carbocycles. The van der Waals surface area contributed by atoms with Crippen molar-refractivity contribution in [3.63, 3.8) is 0 Å². The van der Waals surface area contributed by atoms with E-state index in [1.807, 2.05) is 4.90 Å². The number of benzene rings is 2. The van der Waals surface area contributed by atoms with E-state index in [9.17, 15) is 4.79 Å². The smallest absolute Gasteiger partial charge is 0.414 e. The molecule has 1 aromatic heterocycles. The number of hydrogen-bond donors (Lipinski definition) is 2. The summed E-state index contributed by atoms with van der Waals surface area (Å²) in [7, 11) is 0. The fraction of sp³-hybridized carbons (Fsp3) is 0.227. The van der Waals surface area contributed by atoms with Gasteiger partial charge in [-0.25, -0.2) is 9.59 Å². The average Bonchev–Trinajstić information content (AvgIpc) is 3.29. The molecule has 1 saturated heterocycles. The number of carboxylic acid groups (broad SMARTS) is 2. The first-order valence-electron chi connectivity index (χ1n) is 9.43. The molecule has 30 heavy (non-hydrogen) atoms. The summed E-state index contributed by atoms with van der Waals surface area (Å²) in [6, 6.07) is 18.4. The van der Waals surface area contributed by atoms with Crippen molar-refractivity contribution in [2.45, 2.75) is 6.54 Å². The van der Waals surface area contributed by atoms with Gasteiger partial charge in [0.2, 0.25) is 0 Å². The molecule has 1 aliphatic heterocycles. The second kappa shape index (κ2) is 9.71. The van der Waals surface area contributed by atoms with Crippen molar-refractivity contribution in [1.82, 2.24) is 9.80 Å². The van der Waals surface area contributed by atoms with E-state index in [0.717, 1.165) is 32.7 Å². The average molecular weight is 410 g/mol. The maximum Gasteiger partial charge on any atom is 0.414 e. The van der Waals surface area contributed by atoms with Crippen molar-refractivity contribution in [3.8, 4) is 0 Å². The van der Waals surface area contributed by atoms with E-state index in [1.165, 1.54) is 16.3 Å². The molecule has 2 aromatic carbocycles. The zero-order valence-corrected chi connectivity index (χ0v) is 16.2. The number of furan rings is 1. The lowest BCUT2D eigenvalue weighted by molar-refractivity contribution is -0.159. The molecule has 8 nitrogen and oxygen atoms in total. The van der Waals surface area contributed by atoms with E-state index in [1.54, 1.807) is 18.4 Å². The fourth-order valence-electron chi connectivity index (χ4n) is 3.34. The minimum atomic E-state index is -1.82. The minimum Gasteiger partial charge on any atom is -0.473 e. The molecule has 1 amide bonds. The van der Waals surface area contributed by atoms with Crippen LogP contribution in [0.25, 0.3) is 10.8 Å². The summed E-state index contributed by atoms with van der Waals surface area (Å²) in [6.07, 6.45) is 1.55. The van der Waals surface area contributed by atoms with Crippen LogP contribution in [-0.2, 0) is 16.1 Å². The first-order chi connectivity index (χ1) is 14.5. The minimum absolute atomic E-state index is 0.00943. The maximum absolute atomic E-state index is 12.3. The van der Waals surface area contributed by atoms with Crippen molar-refractivity contribution in [3.05, 3.63) is 72.2 Å². The van der Waals surface area contributed by atoms with Crippen LogP contribution < -0.4 is 0 Å². The molecule has 1 aliphatic rings. The van der Waals surface area contributed by atoms with Gasteiger partial charge in [0.25, 0.3) is 5.91 Å². The van der Waals surface area contributed by atoms with Gasteiger partial charge in [-0.2, -0.15) is 0 Å². The quantitative estimate of drug-likeness (QED) is 0.638. The van der Waals surface area contributed by atoms with Crippen molar-refractivity contribution in [2.75, 3.05) is 26.2 Å². The second-order valence-corrected chi connectivity index (χ2v) is 6.79. The lowest BCUT2D eigenvalue weighted by Crippen LogP contribution is -2.48. The van der Waals surface area contributed by atoms with Gasteiger partial charge in [0.05, 0.1) is 6.26 Å². The Morgan fingerprint density at radius 1 is 0.833 bits per heavy atom. The van der Waals surface area contributed by atoms with Gasteiger partial charge in [0.1, 0.15) is 0 Å². The van der Waals surface area contributed by atoms with Crippen LogP contribution in [0.1, 0.15) is 16.1 Å². The van der Waals surface area contributed by atoms with Crippen molar-refractivity contribution >= 4 is 28.6 Å². The number of carbonyl (C=O) groups is 3. The van der Waals surface area contributed by atoms with Gasteiger partial charge in [-0.1, -0.05) is 42.5 Å². The number of carboxylic acids is 2. The molecule has 0 atom stereocenters.